The van der Waals surface area contributed by atoms with Crippen LogP contribution in [-0.2, 0) is 6.54 Å². The molecule has 2 amide bonds. The van der Waals surface area contributed by atoms with Crippen LogP contribution in [0.1, 0.15) is 30.6 Å². The third-order valence-corrected chi connectivity index (χ3v) is 3.31. The Morgan fingerprint density at radius 3 is 2.73 bits per heavy atom. The maximum absolute atomic E-state index is 11.9. The molecule has 118 valence electrons. The second kappa shape index (κ2) is 7.61. The average Bonchev–Trinajstić information content (AvgIpc) is 2.93. The largest absolute Gasteiger partial charge is 0.387 e. The number of benzene rings is 1. The molecule has 0 fully saturated rings. The number of anilines is 1. The van der Waals surface area contributed by atoms with E-state index in [1.165, 1.54) is 0 Å². The number of urea groups is 1. The number of rotatable bonds is 6. The molecule has 3 N–H and O–H groups in total. The van der Waals surface area contributed by atoms with E-state index < -0.39 is 6.10 Å². The molecule has 1 heterocycles. The molecule has 6 nitrogen and oxygen atoms in total. The van der Waals surface area contributed by atoms with Gasteiger partial charge in [0.25, 0.3) is 0 Å². The van der Waals surface area contributed by atoms with Gasteiger partial charge >= 0.3 is 6.03 Å². The number of aliphatic hydroxyl groups is 1. The number of carbonyl (C=O) groups excluding carboxylic acids is 1. The molecule has 2 rings (SSSR count). The highest BCUT2D eigenvalue weighted by molar-refractivity contribution is 5.88. The van der Waals surface area contributed by atoms with Crippen molar-refractivity contribution in [1.29, 1.82) is 0 Å². The first-order chi connectivity index (χ1) is 10.6. The van der Waals surface area contributed by atoms with Gasteiger partial charge in [0, 0.05) is 19.2 Å². The minimum atomic E-state index is -0.730. The highest BCUT2D eigenvalue weighted by Gasteiger charge is 2.10. The number of carbonyl (C=O) groups is 1. The number of nitrogens with zero attached hydrogens (tertiary/aromatic N) is 2. The second-order valence-electron chi connectivity index (χ2n) is 5.20. The van der Waals surface area contributed by atoms with Crippen molar-refractivity contribution in [2.75, 3.05) is 11.9 Å². The van der Waals surface area contributed by atoms with E-state index in [9.17, 15) is 9.90 Å². The van der Waals surface area contributed by atoms with Crippen LogP contribution in [0.25, 0.3) is 0 Å². The Labute approximate surface area is 130 Å². The highest BCUT2D eigenvalue weighted by atomic mass is 16.3. The molecular weight excluding hydrogens is 280 g/mol. The molecule has 2 aromatic rings. The van der Waals surface area contributed by atoms with Crippen LogP contribution >= 0.6 is 0 Å². The first-order valence-electron chi connectivity index (χ1n) is 7.41. The van der Waals surface area contributed by atoms with E-state index in [0.717, 1.165) is 24.1 Å². The van der Waals surface area contributed by atoms with Gasteiger partial charge in [-0.3, -0.25) is 5.32 Å². The Kier molecular flexibility index (Phi) is 5.55. The van der Waals surface area contributed by atoms with Crippen LogP contribution in [0.3, 0.4) is 0 Å². The summed E-state index contributed by atoms with van der Waals surface area (Å²) in [4.78, 5) is 11.9. The van der Waals surface area contributed by atoms with Gasteiger partial charge in [0.05, 0.1) is 12.3 Å². The van der Waals surface area contributed by atoms with Gasteiger partial charge in [-0.05, 0) is 18.9 Å². The van der Waals surface area contributed by atoms with Crippen molar-refractivity contribution in [3.05, 3.63) is 47.7 Å². The summed E-state index contributed by atoms with van der Waals surface area (Å²) in [5, 5.41) is 19.6. The van der Waals surface area contributed by atoms with Gasteiger partial charge in [-0.1, -0.05) is 36.8 Å². The predicted molar refractivity (Wildman–Crippen MR) is 85.7 cm³/mol. The molecule has 0 saturated carbocycles. The third kappa shape index (κ3) is 4.33. The van der Waals surface area contributed by atoms with Crippen molar-refractivity contribution in [3.8, 4) is 0 Å². The van der Waals surface area contributed by atoms with Gasteiger partial charge in [-0.25, -0.2) is 9.48 Å². The van der Waals surface area contributed by atoms with Gasteiger partial charge in [-0.15, -0.1) is 0 Å². The third-order valence-electron chi connectivity index (χ3n) is 3.31. The monoisotopic (exact) mass is 302 g/mol. The molecule has 0 spiro atoms. The van der Waals surface area contributed by atoms with Gasteiger partial charge < -0.3 is 10.4 Å². The van der Waals surface area contributed by atoms with Crippen LogP contribution in [0.4, 0.5) is 10.6 Å². The zero-order chi connectivity index (χ0) is 15.9. The second-order valence-corrected chi connectivity index (χ2v) is 5.20. The number of hydrogen-bond acceptors (Lipinski definition) is 3. The van der Waals surface area contributed by atoms with Crippen LogP contribution in [-0.4, -0.2) is 27.5 Å². The van der Waals surface area contributed by atoms with E-state index in [0.29, 0.717) is 5.82 Å². The summed E-state index contributed by atoms with van der Waals surface area (Å²) >= 11 is 0. The summed E-state index contributed by atoms with van der Waals surface area (Å²) in [6, 6.07) is 8.96. The number of amides is 2. The average molecular weight is 302 g/mol. The maximum atomic E-state index is 11.9. The quantitative estimate of drug-likeness (QED) is 0.767. The molecule has 1 aromatic carbocycles. The summed E-state index contributed by atoms with van der Waals surface area (Å²) in [7, 11) is 0. The molecule has 6 heteroatoms. The lowest BCUT2D eigenvalue weighted by Crippen LogP contribution is -2.33. The van der Waals surface area contributed by atoms with Gasteiger partial charge in [-0.2, -0.15) is 5.10 Å². The lowest BCUT2D eigenvalue weighted by Gasteiger charge is -2.13. The molecule has 22 heavy (non-hydrogen) atoms. The Morgan fingerprint density at radius 1 is 1.32 bits per heavy atom. The smallest absolute Gasteiger partial charge is 0.320 e. The maximum Gasteiger partial charge on any atom is 0.320 e. The van der Waals surface area contributed by atoms with Gasteiger partial charge in [0.15, 0.2) is 0 Å². The Balaban J connectivity index is 1.84. The molecule has 0 aliphatic heterocycles. The zero-order valence-electron chi connectivity index (χ0n) is 12.9. The fraction of sp³-hybridized carbons (Fsp3) is 0.375. The topological polar surface area (TPSA) is 79.2 Å². The van der Waals surface area contributed by atoms with Crippen LogP contribution in [0.5, 0.6) is 0 Å². The standard InChI is InChI=1S/C16H22N4O2/c1-3-10-20-15(8-9-18-20)19-16(22)17-11-14(21)13-6-4-12(2)5-7-13/h4-9,14,21H,3,10-11H2,1-2H3,(H2,17,19,22). The summed E-state index contributed by atoms with van der Waals surface area (Å²) in [6.45, 7) is 4.93. The minimum Gasteiger partial charge on any atom is -0.387 e. The van der Waals surface area contributed by atoms with E-state index in [1.807, 2.05) is 38.1 Å². The van der Waals surface area contributed by atoms with E-state index in [1.54, 1.807) is 16.9 Å². The Bertz CT molecular complexity index is 607. The lowest BCUT2D eigenvalue weighted by molar-refractivity contribution is 0.175. The fourth-order valence-corrected chi connectivity index (χ4v) is 2.09. The van der Waals surface area contributed by atoms with Crippen LogP contribution in [0.15, 0.2) is 36.5 Å². The van der Waals surface area contributed by atoms with Crippen LogP contribution in [0.2, 0.25) is 0 Å². The molecular formula is C16H22N4O2. The summed E-state index contributed by atoms with van der Waals surface area (Å²) in [6.07, 6.45) is 1.85. The van der Waals surface area contributed by atoms with Crippen molar-refractivity contribution in [2.24, 2.45) is 0 Å². The van der Waals surface area contributed by atoms with E-state index in [2.05, 4.69) is 15.7 Å². The highest BCUT2D eigenvalue weighted by Crippen LogP contribution is 2.13. The van der Waals surface area contributed by atoms with Crippen molar-refractivity contribution in [1.82, 2.24) is 15.1 Å². The summed E-state index contributed by atoms with van der Waals surface area (Å²) < 4.78 is 1.73. The normalized spacial score (nSPS) is 12.0. The SMILES string of the molecule is CCCn1nccc1NC(=O)NCC(O)c1ccc(C)cc1. The molecule has 0 aliphatic carbocycles. The van der Waals surface area contributed by atoms with Crippen LogP contribution < -0.4 is 10.6 Å². The lowest BCUT2D eigenvalue weighted by atomic mass is 10.1. The summed E-state index contributed by atoms with van der Waals surface area (Å²) in [5.41, 5.74) is 1.91. The Hall–Kier alpha value is -2.34. The first-order valence-corrected chi connectivity index (χ1v) is 7.41. The van der Waals surface area contributed by atoms with Crippen molar-refractivity contribution >= 4 is 11.8 Å². The van der Waals surface area contributed by atoms with E-state index in [-0.39, 0.29) is 12.6 Å². The number of aliphatic hydroxyl groups excluding tert-OH is 1. The number of nitrogens with one attached hydrogen (secondary N) is 2. The summed E-state index contributed by atoms with van der Waals surface area (Å²) in [5.74, 6) is 0.643. The van der Waals surface area contributed by atoms with Gasteiger partial charge in [0.2, 0.25) is 0 Å². The van der Waals surface area contributed by atoms with Crippen molar-refractivity contribution < 1.29 is 9.90 Å². The molecule has 0 bridgehead atoms. The molecule has 1 unspecified atom stereocenters. The molecule has 1 atom stereocenters. The molecule has 1 aromatic heterocycles. The number of hydrogen-bond donors (Lipinski definition) is 3. The fourth-order valence-electron chi connectivity index (χ4n) is 2.09. The van der Waals surface area contributed by atoms with Crippen molar-refractivity contribution in [2.45, 2.75) is 32.9 Å². The number of aromatic nitrogens is 2. The zero-order valence-corrected chi connectivity index (χ0v) is 12.9. The molecule has 0 saturated heterocycles. The van der Waals surface area contributed by atoms with Gasteiger partial charge in [0.1, 0.15) is 5.82 Å². The Morgan fingerprint density at radius 2 is 2.05 bits per heavy atom. The minimum absolute atomic E-state index is 0.150. The molecule has 0 radical (unpaired) electrons. The number of aryl methyl sites for hydroxylation is 2. The molecule has 0 aliphatic rings. The van der Waals surface area contributed by atoms with E-state index >= 15 is 0 Å². The van der Waals surface area contributed by atoms with E-state index in [4.69, 9.17) is 0 Å². The van der Waals surface area contributed by atoms with Crippen LogP contribution in [0, 0.1) is 6.92 Å². The van der Waals surface area contributed by atoms with Crippen molar-refractivity contribution in [3.63, 3.8) is 0 Å². The first kappa shape index (κ1) is 16.0. The predicted octanol–water partition coefficient (Wildman–Crippen LogP) is 2.46.